The molecule has 1 aliphatic rings. The predicted octanol–water partition coefficient (Wildman–Crippen LogP) is 1.90. The SMILES string of the molecule is O=C(N[C@@H](CO)Cc1ccccc1)C1CCCC1. The Morgan fingerprint density at radius 3 is 2.56 bits per heavy atom. The van der Waals surface area contributed by atoms with Gasteiger partial charge >= 0.3 is 0 Å². The Hall–Kier alpha value is -1.35. The molecule has 0 aliphatic heterocycles. The Kier molecular flexibility index (Phi) is 4.76. The summed E-state index contributed by atoms with van der Waals surface area (Å²) in [6, 6.07) is 9.79. The maximum absolute atomic E-state index is 12.0. The minimum Gasteiger partial charge on any atom is -0.394 e. The van der Waals surface area contributed by atoms with E-state index in [-0.39, 0.29) is 24.5 Å². The van der Waals surface area contributed by atoms with Crippen molar-refractivity contribution in [1.82, 2.24) is 5.32 Å². The lowest BCUT2D eigenvalue weighted by molar-refractivity contribution is -0.125. The van der Waals surface area contributed by atoms with Crippen LogP contribution in [0.25, 0.3) is 0 Å². The van der Waals surface area contributed by atoms with Crippen molar-refractivity contribution < 1.29 is 9.90 Å². The summed E-state index contributed by atoms with van der Waals surface area (Å²) in [5, 5.41) is 12.3. The van der Waals surface area contributed by atoms with Crippen molar-refractivity contribution in [3.8, 4) is 0 Å². The van der Waals surface area contributed by atoms with Crippen molar-refractivity contribution in [2.45, 2.75) is 38.1 Å². The molecule has 0 bridgehead atoms. The molecule has 18 heavy (non-hydrogen) atoms. The summed E-state index contributed by atoms with van der Waals surface area (Å²) < 4.78 is 0. The molecule has 1 fully saturated rings. The molecule has 1 amide bonds. The van der Waals surface area contributed by atoms with Gasteiger partial charge in [0.25, 0.3) is 0 Å². The second-order valence-electron chi connectivity index (χ2n) is 5.06. The summed E-state index contributed by atoms with van der Waals surface area (Å²) in [4.78, 5) is 12.0. The predicted molar refractivity (Wildman–Crippen MR) is 71.1 cm³/mol. The Balaban J connectivity index is 1.87. The molecule has 0 aromatic heterocycles. The lowest BCUT2D eigenvalue weighted by Gasteiger charge is -2.19. The number of amides is 1. The van der Waals surface area contributed by atoms with Gasteiger partial charge in [-0.05, 0) is 24.8 Å². The highest BCUT2D eigenvalue weighted by molar-refractivity contribution is 5.79. The van der Waals surface area contributed by atoms with Crippen LogP contribution in [0.2, 0.25) is 0 Å². The quantitative estimate of drug-likeness (QED) is 0.835. The minimum atomic E-state index is -0.166. The van der Waals surface area contributed by atoms with Crippen LogP contribution in [0.5, 0.6) is 0 Å². The van der Waals surface area contributed by atoms with E-state index in [0.717, 1.165) is 31.2 Å². The van der Waals surface area contributed by atoms with Gasteiger partial charge in [0.1, 0.15) is 0 Å². The zero-order chi connectivity index (χ0) is 12.8. The maximum atomic E-state index is 12.0. The molecule has 1 aromatic carbocycles. The van der Waals surface area contributed by atoms with Crippen LogP contribution >= 0.6 is 0 Å². The third kappa shape index (κ3) is 3.57. The first-order valence-electron chi connectivity index (χ1n) is 6.74. The third-order valence-corrected chi connectivity index (χ3v) is 3.62. The molecular weight excluding hydrogens is 226 g/mol. The van der Waals surface area contributed by atoms with Gasteiger partial charge in [-0.25, -0.2) is 0 Å². The highest BCUT2D eigenvalue weighted by atomic mass is 16.3. The van der Waals surface area contributed by atoms with Crippen LogP contribution < -0.4 is 5.32 Å². The van der Waals surface area contributed by atoms with Crippen molar-refractivity contribution in [3.05, 3.63) is 35.9 Å². The van der Waals surface area contributed by atoms with Gasteiger partial charge < -0.3 is 10.4 Å². The summed E-state index contributed by atoms with van der Waals surface area (Å²) in [6.45, 7) is -0.00659. The molecule has 2 N–H and O–H groups in total. The van der Waals surface area contributed by atoms with E-state index in [9.17, 15) is 9.90 Å². The lowest BCUT2D eigenvalue weighted by Crippen LogP contribution is -2.41. The molecule has 1 saturated carbocycles. The van der Waals surface area contributed by atoms with Crippen molar-refractivity contribution in [3.63, 3.8) is 0 Å². The Labute approximate surface area is 108 Å². The molecule has 0 radical (unpaired) electrons. The first-order valence-corrected chi connectivity index (χ1v) is 6.74. The average Bonchev–Trinajstić information content (AvgIpc) is 2.93. The number of benzene rings is 1. The topological polar surface area (TPSA) is 49.3 Å². The van der Waals surface area contributed by atoms with Crippen molar-refractivity contribution in [1.29, 1.82) is 0 Å². The summed E-state index contributed by atoms with van der Waals surface area (Å²) in [6.07, 6.45) is 4.99. The van der Waals surface area contributed by atoms with Gasteiger partial charge in [-0.3, -0.25) is 4.79 Å². The molecule has 1 aliphatic carbocycles. The van der Waals surface area contributed by atoms with Crippen LogP contribution in [0, 0.1) is 5.92 Å². The Morgan fingerprint density at radius 2 is 1.94 bits per heavy atom. The average molecular weight is 247 g/mol. The van der Waals surface area contributed by atoms with Crippen LogP contribution in [0.15, 0.2) is 30.3 Å². The van der Waals surface area contributed by atoms with E-state index in [1.165, 1.54) is 0 Å². The summed E-state index contributed by atoms with van der Waals surface area (Å²) >= 11 is 0. The molecule has 0 saturated heterocycles. The number of aliphatic hydroxyl groups is 1. The third-order valence-electron chi connectivity index (χ3n) is 3.62. The number of carbonyl (C=O) groups excluding carboxylic acids is 1. The molecule has 2 rings (SSSR count). The molecule has 3 heteroatoms. The fourth-order valence-corrected chi connectivity index (χ4v) is 2.57. The van der Waals surface area contributed by atoms with Crippen LogP contribution in [-0.4, -0.2) is 23.7 Å². The van der Waals surface area contributed by atoms with E-state index < -0.39 is 0 Å². The molecule has 0 spiro atoms. The first-order chi connectivity index (χ1) is 8.79. The van der Waals surface area contributed by atoms with Crippen molar-refractivity contribution >= 4 is 5.91 Å². The van der Waals surface area contributed by atoms with Crippen molar-refractivity contribution in [2.75, 3.05) is 6.61 Å². The number of nitrogens with one attached hydrogen (secondary N) is 1. The summed E-state index contributed by atoms with van der Waals surface area (Å²) in [5.41, 5.74) is 1.14. The molecule has 3 nitrogen and oxygen atoms in total. The fraction of sp³-hybridized carbons (Fsp3) is 0.533. The second-order valence-corrected chi connectivity index (χ2v) is 5.06. The molecule has 1 atom stereocenters. The minimum absolute atomic E-state index is 0.00659. The number of aliphatic hydroxyl groups excluding tert-OH is 1. The lowest BCUT2D eigenvalue weighted by atomic mass is 10.0. The molecular formula is C15H21NO2. The fourth-order valence-electron chi connectivity index (χ4n) is 2.57. The standard InChI is InChI=1S/C15H21NO2/c17-11-14(10-12-6-2-1-3-7-12)16-15(18)13-8-4-5-9-13/h1-3,6-7,13-14,17H,4-5,8-11H2,(H,16,18)/t14-/m1/s1. The maximum Gasteiger partial charge on any atom is 0.223 e. The van der Waals surface area contributed by atoms with Gasteiger partial charge in [-0.1, -0.05) is 43.2 Å². The van der Waals surface area contributed by atoms with Crippen LogP contribution in [0.4, 0.5) is 0 Å². The number of rotatable bonds is 5. The van der Waals surface area contributed by atoms with E-state index in [1.807, 2.05) is 30.3 Å². The smallest absolute Gasteiger partial charge is 0.223 e. The van der Waals surface area contributed by atoms with Crippen molar-refractivity contribution in [2.24, 2.45) is 5.92 Å². The molecule has 98 valence electrons. The van der Waals surface area contributed by atoms with Crippen LogP contribution in [0.1, 0.15) is 31.2 Å². The molecule has 0 unspecified atom stereocenters. The highest BCUT2D eigenvalue weighted by Crippen LogP contribution is 2.24. The Morgan fingerprint density at radius 1 is 1.28 bits per heavy atom. The Bertz CT molecular complexity index is 371. The van der Waals surface area contributed by atoms with E-state index in [0.29, 0.717) is 6.42 Å². The van der Waals surface area contributed by atoms with E-state index in [4.69, 9.17) is 0 Å². The van der Waals surface area contributed by atoms with E-state index >= 15 is 0 Å². The molecule has 1 aromatic rings. The summed E-state index contributed by atoms with van der Waals surface area (Å²) in [5.74, 6) is 0.275. The normalized spacial score (nSPS) is 17.6. The van der Waals surface area contributed by atoms with Gasteiger partial charge in [-0.15, -0.1) is 0 Å². The van der Waals surface area contributed by atoms with E-state index in [1.54, 1.807) is 0 Å². The molecule has 0 heterocycles. The zero-order valence-corrected chi connectivity index (χ0v) is 10.6. The van der Waals surface area contributed by atoms with Crippen LogP contribution in [-0.2, 0) is 11.2 Å². The van der Waals surface area contributed by atoms with Gasteiger partial charge in [0, 0.05) is 5.92 Å². The largest absolute Gasteiger partial charge is 0.394 e. The monoisotopic (exact) mass is 247 g/mol. The van der Waals surface area contributed by atoms with Crippen LogP contribution in [0.3, 0.4) is 0 Å². The van der Waals surface area contributed by atoms with Gasteiger partial charge in [-0.2, -0.15) is 0 Å². The van der Waals surface area contributed by atoms with Gasteiger partial charge in [0.05, 0.1) is 12.6 Å². The van der Waals surface area contributed by atoms with Gasteiger partial charge in [0.15, 0.2) is 0 Å². The number of hydrogen-bond acceptors (Lipinski definition) is 2. The number of carbonyl (C=O) groups is 1. The highest BCUT2D eigenvalue weighted by Gasteiger charge is 2.24. The first kappa shape index (κ1) is 13.1. The van der Waals surface area contributed by atoms with Gasteiger partial charge in [0.2, 0.25) is 5.91 Å². The van der Waals surface area contributed by atoms with E-state index in [2.05, 4.69) is 5.32 Å². The number of hydrogen-bond donors (Lipinski definition) is 2. The zero-order valence-electron chi connectivity index (χ0n) is 10.6. The summed E-state index contributed by atoms with van der Waals surface area (Å²) in [7, 11) is 0. The second kappa shape index (κ2) is 6.55.